The molecule has 0 spiro atoms. The first kappa shape index (κ1) is 21.7. The van der Waals surface area contributed by atoms with Gasteiger partial charge in [0.1, 0.15) is 18.8 Å². The Morgan fingerprint density at radius 1 is 1.16 bits per heavy atom. The van der Waals surface area contributed by atoms with Gasteiger partial charge in [-0.15, -0.1) is 0 Å². The lowest BCUT2D eigenvalue weighted by atomic mass is 9.76. The molecule has 0 saturated heterocycles. The summed E-state index contributed by atoms with van der Waals surface area (Å²) in [5.74, 6) is 1.21. The van der Waals surface area contributed by atoms with E-state index in [2.05, 4.69) is 37.7 Å². The van der Waals surface area contributed by atoms with Crippen LogP contribution in [0.4, 0.5) is 10.6 Å². The summed E-state index contributed by atoms with van der Waals surface area (Å²) >= 11 is 0. The fourth-order valence-corrected chi connectivity index (χ4v) is 4.22. The quantitative estimate of drug-likeness (QED) is 0.520. The number of benzene rings is 1. The number of rotatable bonds is 7. The highest BCUT2D eigenvalue weighted by Crippen LogP contribution is 2.34. The lowest BCUT2D eigenvalue weighted by molar-refractivity contribution is -0.121. The number of aromatic amines is 1. The number of nitrogens with one attached hydrogen (secondary N) is 3. The first-order valence-electron chi connectivity index (χ1n) is 11.0. The van der Waals surface area contributed by atoms with Crippen LogP contribution in [0.2, 0.25) is 0 Å². The van der Waals surface area contributed by atoms with Gasteiger partial charge in [0, 0.05) is 12.5 Å². The summed E-state index contributed by atoms with van der Waals surface area (Å²) in [7, 11) is 0. The third kappa shape index (κ3) is 5.40. The summed E-state index contributed by atoms with van der Waals surface area (Å²) in [5.41, 5.74) is 1.56. The molecule has 2 heterocycles. The van der Waals surface area contributed by atoms with Gasteiger partial charge in [-0.1, -0.05) is 37.3 Å². The number of H-pyrrole nitrogens is 1. The Bertz CT molecular complexity index is 1050. The number of hydrogen-bond acceptors (Lipinski definition) is 6. The molecule has 3 aromatic rings. The first-order chi connectivity index (χ1) is 15.6. The van der Waals surface area contributed by atoms with Crippen molar-refractivity contribution in [3.05, 3.63) is 48.4 Å². The maximum Gasteiger partial charge on any atom is 0.407 e. The van der Waals surface area contributed by atoms with E-state index in [0.717, 1.165) is 31.2 Å². The van der Waals surface area contributed by atoms with Crippen LogP contribution in [-0.2, 0) is 16.1 Å². The Labute approximate surface area is 186 Å². The molecular weight excluding hydrogens is 408 g/mol. The molecule has 1 atom stereocenters. The maximum atomic E-state index is 12.7. The highest BCUT2D eigenvalue weighted by Gasteiger charge is 2.29. The summed E-state index contributed by atoms with van der Waals surface area (Å²) < 4.78 is 5.28. The molecule has 1 aromatic carbocycles. The minimum Gasteiger partial charge on any atom is -0.445 e. The zero-order valence-electron chi connectivity index (χ0n) is 18.1. The minimum atomic E-state index is -0.399. The zero-order valence-corrected chi connectivity index (χ0v) is 18.1. The molecule has 4 rings (SSSR count). The number of nitrogens with zero attached hydrogens (tertiary/aromatic N) is 3. The van der Waals surface area contributed by atoms with Crippen molar-refractivity contribution >= 4 is 28.9 Å². The standard InChI is InChI=1S/C23H28N6O3/c1-15(11-24-23(31)32-13-16-5-3-2-4-6-16)17-7-9-18(10-8-17)22(30)28-20-19-12-27-29-21(19)26-14-25-20/h2-6,12,14-15,17-18H,7-11,13H2,1H3,(H,24,31)(H2,25,26,27,28,29,30). The number of aromatic nitrogens is 4. The van der Waals surface area contributed by atoms with Crippen molar-refractivity contribution < 1.29 is 14.3 Å². The van der Waals surface area contributed by atoms with Crippen LogP contribution in [-0.4, -0.2) is 38.7 Å². The Morgan fingerprint density at radius 3 is 2.72 bits per heavy atom. The van der Waals surface area contributed by atoms with Gasteiger partial charge in [-0.05, 0) is 43.1 Å². The van der Waals surface area contributed by atoms with Gasteiger partial charge in [0.2, 0.25) is 5.91 Å². The summed E-state index contributed by atoms with van der Waals surface area (Å²) in [6.07, 6.45) is 6.16. The molecule has 0 aliphatic heterocycles. The fourth-order valence-electron chi connectivity index (χ4n) is 4.22. The molecule has 0 bridgehead atoms. The molecule has 2 amide bonds. The largest absolute Gasteiger partial charge is 0.445 e. The van der Waals surface area contributed by atoms with E-state index < -0.39 is 6.09 Å². The molecule has 2 aromatic heterocycles. The van der Waals surface area contributed by atoms with E-state index in [1.807, 2.05) is 30.3 Å². The topological polar surface area (TPSA) is 122 Å². The predicted octanol–water partition coefficient (Wildman–Crippen LogP) is 3.66. The van der Waals surface area contributed by atoms with Gasteiger partial charge in [0.15, 0.2) is 5.65 Å². The number of alkyl carbamates (subject to hydrolysis) is 1. The Balaban J connectivity index is 1.19. The first-order valence-corrected chi connectivity index (χ1v) is 11.0. The summed E-state index contributed by atoms with van der Waals surface area (Å²) in [5, 5.41) is 13.2. The monoisotopic (exact) mass is 436 g/mol. The number of carbonyl (C=O) groups excluding carboxylic acids is 2. The van der Waals surface area contributed by atoms with Gasteiger partial charge in [-0.2, -0.15) is 5.10 Å². The molecule has 1 saturated carbocycles. The summed E-state index contributed by atoms with van der Waals surface area (Å²) in [6, 6.07) is 9.61. The van der Waals surface area contributed by atoms with Crippen LogP contribution in [0.5, 0.6) is 0 Å². The molecule has 3 N–H and O–H groups in total. The Kier molecular flexibility index (Phi) is 6.94. The average molecular weight is 437 g/mol. The van der Waals surface area contributed by atoms with Gasteiger partial charge in [0.25, 0.3) is 0 Å². The van der Waals surface area contributed by atoms with Gasteiger partial charge in [-0.25, -0.2) is 14.8 Å². The third-order valence-electron chi connectivity index (χ3n) is 6.22. The van der Waals surface area contributed by atoms with Crippen LogP contribution in [0, 0.1) is 17.8 Å². The fraction of sp³-hybridized carbons (Fsp3) is 0.435. The molecule has 1 unspecified atom stereocenters. The van der Waals surface area contributed by atoms with Crippen molar-refractivity contribution in [2.75, 3.05) is 11.9 Å². The van der Waals surface area contributed by atoms with E-state index in [1.54, 1.807) is 6.20 Å². The van der Waals surface area contributed by atoms with Crippen LogP contribution < -0.4 is 10.6 Å². The van der Waals surface area contributed by atoms with Crippen LogP contribution in [0.15, 0.2) is 42.9 Å². The average Bonchev–Trinajstić information content (AvgIpc) is 3.32. The molecule has 9 heteroatoms. The van der Waals surface area contributed by atoms with E-state index >= 15 is 0 Å². The van der Waals surface area contributed by atoms with Gasteiger partial charge >= 0.3 is 6.09 Å². The SMILES string of the molecule is CC(CNC(=O)OCc1ccccc1)C1CCC(C(=O)Nc2ncnc3[nH]ncc23)CC1. The number of carbonyl (C=O) groups is 2. The molecule has 32 heavy (non-hydrogen) atoms. The Morgan fingerprint density at radius 2 is 1.94 bits per heavy atom. The summed E-state index contributed by atoms with van der Waals surface area (Å²) in [6.45, 7) is 2.96. The maximum absolute atomic E-state index is 12.7. The molecule has 0 radical (unpaired) electrons. The van der Waals surface area contributed by atoms with E-state index in [-0.39, 0.29) is 18.4 Å². The zero-order chi connectivity index (χ0) is 22.3. The second kappa shape index (κ2) is 10.2. The highest BCUT2D eigenvalue weighted by atomic mass is 16.5. The lowest BCUT2D eigenvalue weighted by Crippen LogP contribution is -2.34. The second-order valence-corrected chi connectivity index (χ2v) is 8.38. The van der Waals surface area contributed by atoms with Crippen molar-refractivity contribution in [3.8, 4) is 0 Å². The molecule has 168 valence electrons. The van der Waals surface area contributed by atoms with Crippen LogP contribution in [0.25, 0.3) is 11.0 Å². The van der Waals surface area contributed by atoms with Crippen molar-refractivity contribution in [3.63, 3.8) is 0 Å². The predicted molar refractivity (Wildman–Crippen MR) is 120 cm³/mol. The summed E-state index contributed by atoms with van der Waals surface area (Å²) in [4.78, 5) is 33.0. The minimum absolute atomic E-state index is 0.0140. The molecular formula is C23H28N6O3. The van der Waals surface area contributed by atoms with E-state index in [9.17, 15) is 9.59 Å². The normalized spacial score (nSPS) is 19.3. The van der Waals surface area contributed by atoms with Crippen LogP contribution in [0.3, 0.4) is 0 Å². The second-order valence-electron chi connectivity index (χ2n) is 8.38. The van der Waals surface area contributed by atoms with E-state index in [0.29, 0.717) is 35.2 Å². The number of amides is 2. The third-order valence-corrected chi connectivity index (χ3v) is 6.22. The molecule has 1 aliphatic rings. The van der Waals surface area contributed by atoms with Gasteiger partial charge in [-0.3, -0.25) is 9.89 Å². The van der Waals surface area contributed by atoms with Crippen molar-refractivity contribution in [1.29, 1.82) is 0 Å². The van der Waals surface area contributed by atoms with E-state index in [4.69, 9.17) is 4.74 Å². The van der Waals surface area contributed by atoms with E-state index in [1.165, 1.54) is 6.33 Å². The Hall–Kier alpha value is -3.49. The molecule has 9 nitrogen and oxygen atoms in total. The number of anilines is 1. The number of ether oxygens (including phenoxy) is 1. The van der Waals surface area contributed by atoms with Crippen molar-refractivity contribution in [1.82, 2.24) is 25.5 Å². The van der Waals surface area contributed by atoms with Crippen LogP contribution >= 0.6 is 0 Å². The molecule has 1 fully saturated rings. The van der Waals surface area contributed by atoms with Crippen molar-refractivity contribution in [2.45, 2.75) is 39.2 Å². The highest BCUT2D eigenvalue weighted by molar-refractivity contribution is 5.98. The van der Waals surface area contributed by atoms with Gasteiger partial charge in [0.05, 0.1) is 11.6 Å². The number of fused-ring (bicyclic) bond motifs is 1. The van der Waals surface area contributed by atoms with Crippen molar-refractivity contribution in [2.24, 2.45) is 17.8 Å². The number of hydrogen-bond donors (Lipinski definition) is 3. The lowest BCUT2D eigenvalue weighted by Gasteiger charge is -2.31. The van der Waals surface area contributed by atoms with Crippen LogP contribution in [0.1, 0.15) is 38.2 Å². The smallest absolute Gasteiger partial charge is 0.407 e. The van der Waals surface area contributed by atoms with Gasteiger partial charge < -0.3 is 15.4 Å². The molecule has 1 aliphatic carbocycles.